The molecular weight excluding hydrogens is 358 g/mol. The van der Waals surface area contributed by atoms with Gasteiger partial charge in [-0.1, -0.05) is 29.8 Å². The highest BCUT2D eigenvalue weighted by molar-refractivity contribution is 6.31. The van der Waals surface area contributed by atoms with Gasteiger partial charge in [-0.25, -0.2) is 4.79 Å². The van der Waals surface area contributed by atoms with E-state index in [-0.39, 0.29) is 18.6 Å². The van der Waals surface area contributed by atoms with Crippen LogP contribution < -0.4 is 5.32 Å². The first kappa shape index (κ1) is 18.7. The fourth-order valence-electron chi connectivity index (χ4n) is 3.18. The van der Waals surface area contributed by atoms with Gasteiger partial charge in [0.1, 0.15) is 12.1 Å². The fourth-order valence-corrected chi connectivity index (χ4v) is 3.39. The summed E-state index contributed by atoms with van der Waals surface area (Å²) in [4.78, 5) is 39.4. The van der Waals surface area contributed by atoms with Crippen molar-refractivity contribution in [1.29, 1.82) is 0 Å². The van der Waals surface area contributed by atoms with Crippen molar-refractivity contribution in [3.63, 3.8) is 0 Å². The molecule has 2 aliphatic rings. The van der Waals surface area contributed by atoms with E-state index in [2.05, 4.69) is 5.32 Å². The Morgan fingerprint density at radius 1 is 1.35 bits per heavy atom. The van der Waals surface area contributed by atoms with Crippen LogP contribution in [0.5, 0.6) is 0 Å². The molecule has 3 rings (SSSR count). The highest BCUT2D eigenvalue weighted by Gasteiger charge is 2.46. The number of nitrogens with one attached hydrogen (secondary N) is 1. The molecule has 0 aromatic heterocycles. The maximum Gasteiger partial charge on any atom is 0.325 e. The molecule has 8 heteroatoms. The van der Waals surface area contributed by atoms with E-state index in [1.54, 1.807) is 18.7 Å². The first-order valence-corrected chi connectivity index (χ1v) is 8.92. The third kappa shape index (κ3) is 3.68. The number of rotatable bonds is 4. The van der Waals surface area contributed by atoms with E-state index in [4.69, 9.17) is 16.3 Å². The van der Waals surface area contributed by atoms with Gasteiger partial charge in [-0.3, -0.25) is 14.9 Å². The molecule has 4 amide bonds. The molecule has 2 heterocycles. The predicted octanol–water partition coefficient (Wildman–Crippen LogP) is 1.44. The summed E-state index contributed by atoms with van der Waals surface area (Å²) >= 11 is 6.20. The lowest BCUT2D eigenvalue weighted by atomic mass is 10.0. The first-order valence-electron chi connectivity index (χ1n) is 8.55. The van der Waals surface area contributed by atoms with Crippen molar-refractivity contribution >= 4 is 29.4 Å². The second-order valence-corrected chi connectivity index (χ2v) is 7.44. The standard InChI is InChI=1S/C18H22ClN3O4/c1-18(2)16(24)20-17(25)22(18)11-15(23)21-7-8-26-13(10-21)9-12-5-3-4-6-14(12)19/h3-6,13H,7-11H2,1-2H3,(H,20,24,25)/t13-/m0/s1. The van der Waals surface area contributed by atoms with Crippen LogP contribution in [0.3, 0.4) is 0 Å². The van der Waals surface area contributed by atoms with Gasteiger partial charge in [-0.2, -0.15) is 0 Å². The summed E-state index contributed by atoms with van der Waals surface area (Å²) in [6, 6.07) is 7.02. The van der Waals surface area contributed by atoms with Crippen molar-refractivity contribution in [2.45, 2.75) is 31.9 Å². The number of amides is 4. The number of imide groups is 1. The van der Waals surface area contributed by atoms with Crippen LogP contribution in [0.4, 0.5) is 4.79 Å². The Bertz CT molecular complexity index is 737. The third-order valence-electron chi connectivity index (χ3n) is 4.89. The Morgan fingerprint density at radius 2 is 2.08 bits per heavy atom. The largest absolute Gasteiger partial charge is 0.374 e. The Balaban J connectivity index is 1.62. The van der Waals surface area contributed by atoms with Gasteiger partial charge >= 0.3 is 6.03 Å². The Labute approximate surface area is 157 Å². The first-order chi connectivity index (χ1) is 12.3. The molecule has 1 atom stereocenters. The topological polar surface area (TPSA) is 79.0 Å². The van der Waals surface area contributed by atoms with Crippen LogP contribution in [0.1, 0.15) is 19.4 Å². The van der Waals surface area contributed by atoms with Gasteiger partial charge in [-0.05, 0) is 25.5 Å². The quantitative estimate of drug-likeness (QED) is 0.803. The van der Waals surface area contributed by atoms with Crippen LogP contribution in [0.25, 0.3) is 0 Å². The van der Waals surface area contributed by atoms with E-state index in [0.29, 0.717) is 31.1 Å². The molecular formula is C18H22ClN3O4. The Hall–Kier alpha value is -2.12. The van der Waals surface area contributed by atoms with Gasteiger partial charge in [0.05, 0.1) is 12.7 Å². The monoisotopic (exact) mass is 379 g/mol. The summed E-state index contributed by atoms with van der Waals surface area (Å²) in [6.45, 7) is 4.43. The molecule has 0 saturated carbocycles. The van der Waals surface area contributed by atoms with E-state index < -0.39 is 17.5 Å². The maximum atomic E-state index is 12.7. The minimum Gasteiger partial charge on any atom is -0.374 e. The highest BCUT2D eigenvalue weighted by atomic mass is 35.5. The molecule has 1 aromatic rings. The molecule has 2 saturated heterocycles. The molecule has 26 heavy (non-hydrogen) atoms. The van der Waals surface area contributed by atoms with Crippen LogP contribution in [-0.2, 0) is 20.7 Å². The van der Waals surface area contributed by atoms with Crippen LogP contribution in [0.15, 0.2) is 24.3 Å². The second kappa shape index (κ2) is 7.25. The number of carbonyl (C=O) groups is 3. The van der Waals surface area contributed by atoms with Crippen LogP contribution >= 0.6 is 11.6 Å². The zero-order valence-electron chi connectivity index (χ0n) is 14.8. The van der Waals surface area contributed by atoms with E-state index in [0.717, 1.165) is 5.56 Å². The van der Waals surface area contributed by atoms with Gasteiger partial charge in [-0.15, -0.1) is 0 Å². The molecule has 2 aliphatic heterocycles. The number of hydrogen-bond donors (Lipinski definition) is 1. The lowest BCUT2D eigenvalue weighted by Crippen LogP contribution is -2.53. The summed E-state index contributed by atoms with van der Waals surface area (Å²) in [6.07, 6.45) is 0.451. The number of halogens is 1. The summed E-state index contributed by atoms with van der Waals surface area (Å²) < 4.78 is 5.77. The zero-order valence-corrected chi connectivity index (χ0v) is 15.6. The molecule has 0 aliphatic carbocycles. The maximum absolute atomic E-state index is 12.7. The SMILES string of the molecule is CC1(C)C(=O)NC(=O)N1CC(=O)N1CCO[C@@H](Cc2ccccc2Cl)C1. The normalized spacial score (nSPS) is 22.5. The average molecular weight is 380 g/mol. The van der Waals surface area contributed by atoms with Crippen LogP contribution in [-0.4, -0.2) is 65.5 Å². The number of benzene rings is 1. The molecule has 0 spiro atoms. The number of carbonyl (C=O) groups excluding carboxylic acids is 3. The van der Waals surface area contributed by atoms with Crippen LogP contribution in [0, 0.1) is 0 Å². The van der Waals surface area contributed by atoms with Crippen molar-refractivity contribution in [2.75, 3.05) is 26.2 Å². The van der Waals surface area contributed by atoms with E-state index in [1.165, 1.54) is 4.90 Å². The summed E-state index contributed by atoms with van der Waals surface area (Å²) in [7, 11) is 0. The summed E-state index contributed by atoms with van der Waals surface area (Å²) in [5.41, 5.74) is -0.0603. The van der Waals surface area contributed by atoms with Crippen molar-refractivity contribution in [1.82, 2.24) is 15.1 Å². The summed E-state index contributed by atoms with van der Waals surface area (Å²) in [5.74, 6) is -0.593. The van der Waals surface area contributed by atoms with Gasteiger partial charge in [0.2, 0.25) is 5.91 Å². The van der Waals surface area contributed by atoms with Crippen molar-refractivity contribution in [3.8, 4) is 0 Å². The number of ether oxygens (including phenoxy) is 1. The van der Waals surface area contributed by atoms with Gasteiger partial charge in [0, 0.05) is 24.5 Å². The minimum absolute atomic E-state index is 0.136. The number of morpholine rings is 1. The molecule has 0 bridgehead atoms. The lowest BCUT2D eigenvalue weighted by molar-refractivity contribution is -0.140. The molecule has 0 radical (unpaired) electrons. The predicted molar refractivity (Wildman–Crippen MR) is 95.8 cm³/mol. The van der Waals surface area contributed by atoms with Gasteiger partial charge in [0.25, 0.3) is 5.91 Å². The van der Waals surface area contributed by atoms with Crippen molar-refractivity contribution in [3.05, 3.63) is 34.9 Å². The van der Waals surface area contributed by atoms with Gasteiger partial charge < -0.3 is 14.5 Å². The lowest BCUT2D eigenvalue weighted by Gasteiger charge is -2.35. The highest BCUT2D eigenvalue weighted by Crippen LogP contribution is 2.22. The molecule has 1 aromatic carbocycles. The summed E-state index contributed by atoms with van der Waals surface area (Å²) in [5, 5.41) is 2.93. The smallest absolute Gasteiger partial charge is 0.325 e. The second-order valence-electron chi connectivity index (χ2n) is 7.03. The Morgan fingerprint density at radius 3 is 2.73 bits per heavy atom. The van der Waals surface area contributed by atoms with E-state index >= 15 is 0 Å². The average Bonchev–Trinajstić information content (AvgIpc) is 2.79. The third-order valence-corrected chi connectivity index (χ3v) is 5.26. The molecule has 1 N–H and O–H groups in total. The molecule has 7 nitrogen and oxygen atoms in total. The van der Waals surface area contributed by atoms with Crippen molar-refractivity contribution in [2.24, 2.45) is 0 Å². The Kier molecular flexibility index (Phi) is 5.20. The number of urea groups is 1. The molecule has 0 unspecified atom stereocenters. The van der Waals surface area contributed by atoms with Gasteiger partial charge in [0.15, 0.2) is 0 Å². The molecule has 140 valence electrons. The molecule has 2 fully saturated rings. The minimum atomic E-state index is -1.03. The number of hydrogen-bond acceptors (Lipinski definition) is 4. The zero-order chi connectivity index (χ0) is 18.9. The van der Waals surface area contributed by atoms with Crippen molar-refractivity contribution < 1.29 is 19.1 Å². The fraction of sp³-hybridized carbons (Fsp3) is 0.500. The number of nitrogens with zero attached hydrogens (tertiary/aromatic N) is 2. The van der Waals surface area contributed by atoms with E-state index in [9.17, 15) is 14.4 Å². The van der Waals surface area contributed by atoms with Crippen LogP contribution in [0.2, 0.25) is 5.02 Å². The van der Waals surface area contributed by atoms with E-state index in [1.807, 2.05) is 24.3 Å².